The molecule has 4 nitrogen and oxygen atoms in total. The molecular formula is C30H31NO3S2. The average molecular weight is 518 g/mol. The molecular weight excluding hydrogens is 486 g/mol. The van der Waals surface area contributed by atoms with Crippen molar-refractivity contribution in [3.63, 3.8) is 0 Å². The van der Waals surface area contributed by atoms with Crippen molar-refractivity contribution in [2.24, 2.45) is 5.92 Å². The number of aryl methyl sites for hydroxylation is 1. The Kier molecular flexibility index (Phi) is 9.11. The van der Waals surface area contributed by atoms with E-state index in [0.29, 0.717) is 26.1 Å². The standard InChI is InChI=1S/C30H31NO3S2/c1-3-24(30(32)33)15-16-31(20-26-13-14-29(36-26)28-12-7-17-35-28)19-25-10-4-5-11-27(25)34-21-23-9-6-8-22(2)18-23/h3-14,17-18,24H,1,15-16,19-21H2,2H3,(H,32,33). The zero-order chi connectivity index (χ0) is 25.3. The second-order valence-corrected chi connectivity index (χ2v) is 10.9. The molecule has 0 aliphatic heterocycles. The third kappa shape index (κ3) is 7.17. The van der Waals surface area contributed by atoms with Gasteiger partial charge in [0.05, 0.1) is 5.92 Å². The molecule has 4 aromatic rings. The van der Waals surface area contributed by atoms with Gasteiger partial charge < -0.3 is 9.84 Å². The molecule has 4 rings (SSSR count). The summed E-state index contributed by atoms with van der Waals surface area (Å²) in [6, 6.07) is 25.0. The van der Waals surface area contributed by atoms with Gasteiger partial charge in [0.15, 0.2) is 0 Å². The van der Waals surface area contributed by atoms with E-state index in [9.17, 15) is 9.90 Å². The quantitative estimate of drug-likeness (QED) is 0.185. The molecule has 36 heavy (non-hydrogen) atoms. The third-order valence-corrected chi connectivity index (χ3v) is 8.14. The van der Waals surface area contributed by atoms with E-state index in [0.717, 1.165) is 23.4 Å². The molecule has 0 spiro atoms. The van der Waals surface area contributed by atoms with E-state index in [1.165, 1.54) is 26.3 Å². The number of aliphatic carboxylic acids is 1. The maximum absolute atomic E-state index is 11.6. The highest BCUT2D eigenvalue weighted by molar-refractivity contribution is 7.21. The SMILES string of the molecule is C=CC(CCN(Cc1ccc(-c2cccs2)s1)Cc1ccccc1OCc1cccc(C)c1)C(=O)O. The minimum Gasteiger partial charge on any atom is -0.489 e. The van der Waals surface area contributed by atoms with Gasteiger partial charge in [-0.3, -0.25) is 9.69 Å². The van der Waals surface area contributed by atoms with Crippen LogP contribution in [-0.2, 0) is 24.5 Å². The Hall–Kier alpha value is -3.19. The maximum Gasteiger partial charge on any atom is 0.310 e. The highest BCUT2D eigenvalue weighted by Crippen LogP contribution is 2.32. The number of hydrogen-bond donors (Lipinski definition) is 1. The first-order chi connectivity index (χ1) is 17.5. The van der Waals surface area contributed by atoms with Gasteiger partial charge in [-0.2, -0.15) is 0 Å². The molecule has 6 heteroatoms. The summed E-state index contributed by atoms with van der Waals surface area (Å²) in [5.74, 6) is -0.541. The number of para-hydroxylation sites is 1. The van der Waals surface area contributed by atoms with Crippen LogP contribution >= 0.6 is 22.7 Å². The minimum absolute atomic E-state index is 0.505. The van der Waals surface area contributed by atoms with Crippen LogP contribution in [0.4, 0.5) is 0 Å². The maximum atomic E-state index is 11.6. The Labute approximate surface area is 221 Å². The predicted molar refractivity (Wildman–Crippen MR) is 150 cm³/mol. The van der Waals surface area contributed by atoms with Crippen LogP contribution in [-0.4, -0.2) is 22.5 Å². The number of thiophene rings is 2. The summed E-state index contributed by atoms with van der Waals surface area (Å²) in [6.07, 6.45) is 2.04. The van der Waals surface area contributed by atoms with Crippen LogP contribution < -0.4 is 4.74 Å². The fourth-order valence-corrected chi connectivity index (χ4v) is 5.98. The van der Waals surface area contributed by atoms with Crippen LogP contribution in [0.1, 0.15) is 28.0 Å². The van der Waals surface area contributed by atoms with E-state index >= 15 is 0 Å². The Morgan fingerprint density at radius 2 is 1.92 bits per heavy atom. The van der Waals surface area contributed by atoms with Crippen molar-refractivity contribution in [1.82, 2.24) is 4.90 Å². The number of nitrogens with zero attached hydrogens (tertiary/aromatic N) is 1. The van der Waals surface area contributed by atoms with E-state index in [4.69, 9.17) is 4.74 Å². The molecule has 2 heterocycles. The molecule has 1 unspecified atom stereocenters. The molecule has 1 N–H and O–H groups in total. The number of benzene rings is 2. The van der Waals surface area contributed by atoms with E-state index in [1.54, 1.807) is 22.7 Å². The molecule has 2 aromatic carbocycles. The number of ether oxygens (including phenoxy) is 1. The summed E-state index contributed by atoms with van der Waals surface area (Å²) >= 11 is 3.53. The molecule has 0 radical (unpaired) electrons. The summed E-state index contributed by atoms with van der Waals surface area (Å²) in [6.45, 7) is 8.35. The fourth-order valence-electron chi connectivity index (χ4n) is 4.09. The molecule has 0 saturated heterocycles. The Morgan fingerprint density at radius 1 is 1.06 bits per heavy atom. The van der Waals surface area contributed by atoms with Gasteiger partial charge in [-0.15, -0.1) is 29.3 Å². The third-order valence-electron chi connectivity index (χ3n) is 6.01. The largest absolute Gasteiger partial charge is 0.489 e. The summed E-state index contributed by atoms with van der Waals surface area (Å²) < 4.78 is 6.23. The normalized spacial score (nSPS) is 11.9. The summed E-state index contributed by atoms with van der Waals surface area (Å²) in [7, 11) is 0. The van der Waals surface area contributed by atoms with Crippen LogP contribution in [0.5, 0.6) is 5.75 Å². The number of carboxylic acids is 1. The number of carbonyl (C=O) groups is 1. The van der Waals surface area contributed by atoms with Crippen molar-refractivity contribution in [3.8, 4) is 15.5 Å². The lowest BCUT2D eigenvalue weighted by atomic mass is 10.1. The molecule has 186 valence electrons. The predicted octanol–water partition coefficient (Wildman–Crippen LogP) is 7.64. The molecule has 2 aromatic heterocycles. The number of carboxylic acid groups (broad SMARTS) is 1. The Bertz CT molecular complexity index is 1280. The van der Waals surface area contributed by atoms with Crippen LogP contribution in [0, 0.1) is 12.8 Å². The van der Waals surface area contributed by atoms with Gasteiger partial charge in [-0.25, -0.2) is 0 Å². The average Bonchev–Trinajstić information content (AvgIpc) is 3.56. The smallest absolute Gasteiger partial charge is 0.310 e. The molecule has 0 fully saturated rings. The van der Waals surface area contributed by atoms with Gasteiger partial charge in [-0.05, 0) is 48.6 Å². The van der Waals surface area contributed by atoms with E-state index in [2.05, 4.69) is 72.3 Å². The molecule has 0 aliphatic carbocycles. The second kappa shape index (κ2) is 12.7. The monoisotopic (exact) mass is 517 g/mol. The lowest BCUT2D eigenvalue weighted by molar-refractivity contribution is -0.140. The van der Waals surface area contributed by atoms with Crippen molar-refractivity contribution in [2.45, 2.75) is 33.0 Å². The number of hydrogen-bond acceptors (Lipinski definition) is 5. The Balaban J connectivity index is 1.50. The topological polar surface area (TPSA) is 49.8 Å². The first kappa shape index (κ1) is 25.9. The Morgan fingerprint density at radius 3 is 2.67 bits per heavy atom. The van der Waals surface area contributed by atoms with E-state index in [1.807, 2.05) is 24.3 Å². The van der Waals surface area contributed by atoms with Gasteiger partial charge >= 0.3 is 5.97 Å². The fraction of sp³-hybridized carbons (Fsp3) is 0.233. The van der Waals surface area contributed by atoms with Gasteiger partial charge in [0.1, 0.15) is 12.4 Å². The van der Waals surface area contributed by atoms with Gasteiger partial charge in [-0.1, -0.05) is 60.2 Å². The lowest BCUT2D eigenvalue weighted by Crippen LogP contribution is -2.27. The molecule has 0 aliphatic rings. The minimum atomic E-state index is -0.831. The molecule has 0 bridgehead atoms. The van der Waals surface area contributed by atoms with Gasteiger partial charge in [0, 0.05) is 39.8 Å². The highest BCUT2D eigenvalue weighted by Gasteiger charge is 2.18. The van der Waals surface area contributed by atoms with Crippen molar-refractivity contribution < 1.29 is 14.6 Å². The van der Waals surface area contributed by atoms with Gasteiger partial charge in [0.2, 0.25) is 0 Å². The molecule has 0 amide bonds. The second-order valence-electron chi connectivity index (χ2n) is 8.81. The molecule has 0 saturated carbocycles. The highest BCUT2D eigenvalue weighted by atomic mass is 32.1. The van der Waals surface area contributed by atoms with Crippen LogP contribution in [0.3, 0.4) is 0 Å². The zero-order valence-electron chi connectivity index (χ0n) is 20.4. The van der Waals surface area contributed by atoms with Crippen LogP contribution in [0.2, 0.25) is 0 Å². The summed E-state index contributed by atoms with van der Waals surface area (Å²) in [5.41, 5.74) is 3.44. The molecule has 1 atom stereocenters. The van der Waals surface area contributed by atoms with Crippen molar-refractivity contribution in [2.75, 3.05) is 6.54 Å². The first-order valence-corrected chi connectivity index (χ1v) is 13.7. The summed E-state index contributed by atoms with van der Waals surface area (Å²) in [4.78, 5) is 17.7. The van der Waals surface area contributed by atoms with Crippen molar-refractivity contribution >= 4 is 28.6 Å². The zero-order valence-corrected chi connectivity index (χ0v) is 22.1. The van der Waals surface area contributed by atoms with E-state index < -0.39 is 11.9 Å². The first-order valence-electron chi connectivity index (χ1n) is 12.0. The van der Waals surface area contributed by atoms with Crippen LogP contribution in [0.15, 0.2) is 90.8 Å². The number of rotatable bonds is 13. The van der Waals surface area contributed by atoms with Crippen LogP contribution in [0.25, 0.3) is 9.75 Å². The van der Waals surface area contributed by atoms with Crippen molar-refractivity contribution in [1.29, 1.82) is 0 Å². The van der Waals surface area contributed by atoms with Gasteiger partial charge in [0.25, 0.3) is 0 Å². The van der Waals surface area contributed by atoms with Crippen molar-refractivity contribution in [3.05, 3.63) is 112 Å². The lowest BCUT2D eigenvalue weighted by Gasteiger charge is -2.24. The van der Waals surface area contributed by atoms with E-state index in [-0.39, 0.29) is 0 Å². The summed E-state index contributed by atoms with van der Waals surface area (Å²) in [5, 5.41) is 11.6.